The van der Waals surface area contributed by atoms with Crippen molar-refractivity contribution < 1.29 is 17.9 Å². The molecule has 0 saturated carbocycles. The van der Waals surface area contributed by atoms with Crippen LogP contribution in [0.1, 0.15) is 62.6 Å². The van der Waals surface area contributed by atoms with Crippen LogP contribution in [0.15, 0.2) is 30.3 Å². The van der Waals surface area contributed by atoms with E-state index >= 15 is 4.39 Å². The third kappa shape index (κ3) is 4.13. The summed E-state index contributed by atoms with van der Waals surface area (Å²) in [7, 11) is 0. The lowest BCUT2D eigenvalue weighted by Gasteiger charge is -2.41. The van der Waals surface area contributed by atoms with E-state index in [9.17, 15) is 8.78 Å². The first-order chi connectivity index (χ1) is 21.8. The van der Waals surface area contributed by atoms with Crippen LogP contribution >= 0.6 is 0 Å². The van der Waals surface area contributed by atoms with Gasteiger partial charge >= 0.3 is 6.01 Å². The molecule has 0 amide bonds. The number of ether oxygens (including phenoxy) is 1. The number of aryl methyl sites for hydroxylation is 1. The minimum absolute atomic E-state index is 0.00800. The molecule has 7 nitrogen and oxygen atoms in total. The van der Waals surface area contributed by atoms with Gasteiger partial charge < -0.3 is 15.0 Å². The van der Waals surface area contributed by atoms with Crippen molar-refractivity contribution in [2.24, 2.45) is 0 Å². The number of benzene rings is 2. The van der Waals surface area contributed by atoms with Crippen LogP contribution in [0.3, 0.4) is 0 Å². The normalized spacial score (nSPS) is 30.6. The minimum atomic E-state index is -0.878. The van der Waals surface area contributed by atoms with Crippen LogP contribution < -0.4 is 15.0 Å². The first-order valence-corrected chi connectivity index (χ1v) is 16.4. The Morgan fingerprint density at radius 3 is 2.84 bits per heavy atom. The molecule has 234 valence electrons. The highest BCUT2D eigenvalue weighted by Gasteiger charge is 2.50. The number of rotatable bonds is 4. The Bertz CT molecular complexity index is 1870. The molecule has 45 heavy (non-hydrogen) atoms. The van der Waals surface area contributed by atoms with Gasteiger partial charge in [-0.1, -0.05) is 31.2 Å². The van der Waals surface area contributed by atoms with Gasteiger partial charge in [0.25, 0.3) is 0 Å². The van der Waals surface area contributed by atoms with Crippen LogP contribution in [0, 0.1) is 18.6 Å². The average molecular weight is 615 g/mol. The Kier molecular flexibility index (Phi) is 6.17. The lowest BCUT2D eigenvalue weighted by atomic mass is 9.91. The Labute approximate surface area is 260 Å². The van der Waals surface area contributed by atoms with Crippen LogP contribution in [0.5, 0.6) is 6.01 Å². The highest BCUT2D eigenvalue weighted by molar-refractivity contribution is 6.01. The molecular formula is C35H37F3N6O. The van der Waals surface area contributed by atoms with Gasteiger partial charge in [-0.15, -0.1) is 0 Å². The smallest absolute Gasteiger partial charge is 0.319 e. The van der Waals surface area contributed by atoms with Gasteiger partial charge in [-0.2, -0.15) is 9.97 Å². The zero-order valence-corrected chi connectivity index (χ0v) is 25.6. The largest absolute Gasteiger partial charge is 0.461 e. The second-order valence-corrected chi connectivity index (χ2v) is 14.1. The van der Waals surface area contributed by atoms with Gasteiger partial charge in [0.15, 0.2) is 5.82 Å². The number of hydrogen-bond acceptors (Lipinski definition) is 7. The molecule has 2 aromatic carbocycles. The minimum Gasteiger partial charge on any atom is -0.461 e. The maximum Gasteiger partial charge on any atom is 0.319 e. The summed E-state index contributed by atoms with van der Waals surface area (Å²) in [5, 5.41) is 5.89. The summed E-state index contributed by atoms with van der Waals surface area (Å²) < 4.78 is 52.9. The van der Waals surface area contributed by atoms with Crippen molar-refractivity contribution in [2.45, 2.75) is 88.1 Å². The van der Waals surface area contributed by atoms with E-state index in [1.54, 1.807) is 13.0 Å². The molecule has 0 aliphatic carbocycles. The van der Waals surface area contributed by atoms with Crippen molar-refractivity contribution >= 4 is 27.5 Å². The summed E-state index contributed by atoms with van der Waals surface area (Å²) in [6.45, 7) is 6.19. The van der Waals surface area contributed by atoms with E-state index in [1.165, 1.54) is 6.07 Å². The zero-order valence-electron chi connectivity index (χ0n) is 25.6. The maximum absolute atomic E-state index is 17.1. The first kappa shape index (κ1) is 27.8. The van der Waals surface area contributed by atoms with Crippen molar-refractivity contribution in [3.05, 3.63) is 53.2 Å². The van der Waals surface area contributed by atoms with Crippen molar-refractivity contribution in [3.8, 4) is 17.3 Å². The molecule has 2 aromatic heterocycles. The summed E-state index contributed by atoms with van der Waals surface area (Å²) >= 11 is 0. The molecule has 9 rings (SSSR count). The number of nitrogens with zero attached hydrogens (tertiary/aromatic N) is 5. The summed E-state index contributed by atoms with van der Waals surface area (Å²) in [6, 6.07) is 9.69. The molecule has 7 heterocycles. The summed E-state index contributed by atoms with van der Waals surface area (Å²) in [5.41, 5.74) is 1.71. The Morgan fingerprint density at radius 2 is 1.96 bits per heavy atom. The Balaban J connectivity index is 1.25. The molecular weight excluding hydrogens is 577 g/mol. The Hall–Kier alpha value is -3.50. The zero-order chi connectivity index (χ0) is 30.6. The van der Waals surface area contributed by atoms with E-state index in [2.05, 4.69) is 22.0 Å². The van der Waals surface area contributed by atoms with Crippen LogP contribution in [-0.4, -0.2) is 75.9 Å². The predicted octanol–water partition coefficient (Wildman–Crippen LogP) is 6.20. The molecule has 4 aromatic rings. The molecule has 0 unspecified atom stereocenters. The third-order valence-electron chi connectivity index (χ3n) is 11.4. The number of pyridine rings is 1. The second kappa shape index (κ2) is 10.00. The van der Waals surface area contributed by atoms with E-state index < -0.39 is 12.0 Å². The molecule has 4 saturated heterocycles. The quantitative estimate of drug-likeness (QED) is 0.294. The number of fused-ring (bicyclic) bond motifs is 7. The number of anilines is 1. The fraction of sp³-hybridized carbons (Fsp3) is 0.514. The summed E-state index contributed by atoms with van der Waals surface area (Å²) in [6.07, 6.45) is 4.43. The first-order valence-electron chi connectivity index (χ1n) is 16.4. The second-order valence-electron chi connectivity index (χ2n) is 14.1. The molecule has 0 radical (unpaired) electrons. The molecule has 6 atom stereocenters. The van der Waals surface area contributed by atoms with E-state index in [0.717, 1.165) is 56.3 Å². The maximum atomic E-state index is 17.1. The number of aromatic nitrogens is 3. The summed E-state index contributed by atoms with van der Waals surface area (Å²) in [5.74, 6) is -0.224. The number of piperazine rings is 1. The topological polar surface area (TPSA) is 66.4 Å². The van der Waals surface area contributed by atoms with Gasteiger partial charge in [0.2, 0.25) is 0 Å². The molecule has 2 bridgehead atoms. The number of alkyl halides is 1. The van der Waals surface area contributed by atoms with Gasteiger partial charge in [-0.25, -0.2) is 18.2 Å². The van der Waals surface area contributed by atoms with E-state index in [1.807, 2.05) is 18.2 Å². The van der Waals surface area contributed by atoms with E-state index in [0.29, 0.717) is 52.8 Å². The number of nitrogens with one attached hydrogen (secondary N) is 1. The molecule has 0 spiro atoms. The van der Waals surface area contributed by atoms with Gasteiger partial charge in [0.05, 0.1) is 16.6 Å². The third-order valence-corrected chi connectivity index (χ3v) is 11.4. The summed E-state index contributed by atoms with van der Waals surface area (Å²) in [4.78, 5) is 19.4. The lowest BCUT2D eigenvalue weighted by molar-refractivity contribution is 0.107. The van der Waals surface area contributed by atoms with Gasteiger partial charge in [0, 0.05) is 49.1 Å². The molecule has 5 aliphatic heterocycles. The van der Waals surface area contributed by atoms with Gasteiger partial charge in [-0.05, 0) is 68.0 Å². The fourth-order valence-corrected chi connectivity index (χ4v) is 9.25. The SMILES string of the molecule is Cc1c(F)ccc2cccc(-c3nc4c5c(nc(OC[C@@]67CCCN6C[C@H](F)C7)nc5c3F)N3C[C@H]5CC[C@H](N5)[C@H]3C[C@@H]4C)c12. The highest BCUT2D eigenvalue weighted by Crippen LogP contribution is 2.46. The van der Waals surface area contributed by atoms with Crippen LogP contribution in [0.25, 0.3) is 32.9 Å². The van der Waals surface area contributed by atoms with Crippen LogP contribution in [0.4, 0.5) is 19.0 Å². The number of halogens is 3. The molecule has 1 N–H and O–H groups in total. The lowest BCUT2D eigenvalue weighted by Crippen LogP contribution is -2.58. The molecule has 10 heteroatoms. The Morgan fingerprint density at radius 1 is 1.07 bits per heavy atom. The van der Waals surface area contributed by atoms with Crippen molar-refractivity contribution in [1.29, 1.82) is 0 Å². The van der Waals surface area contributed by atoms with E-state index in [-0.39, 0.29) is 47.1 Å². The van der Waals surface area contributed by atoms with Crippen molar-refractivity contribution in [2.75, 3.05) is 31.1 Å². The predicted molar refractivity (Wildman–Crippen MR) is 168 cm³/mol. The standard InChI is InChI=1S/C35H37F3N6O/c1-18-13-26-25-10-8-22(39-25)16-44(26)33-28-30(18)40-31(23-6-3-5-20-7-9-24(37)19(2)27(20)23)29(38)32(28)41-34(42-33)45-17-35-11-4-12-43(35)15-21(36)14-35/h3,5-7,9,18,21-22,25-26,39H,4,8,10-17H2,1-2H3/t18-,21+,22+,25-,26+,35-/m0/s1. The van der Waals surface area contributed by atoms with Crippen molar-refractivity contribution in [1.82, 2.24) is 25.2 Å². The van der Waals surface area contributed by atoms with Crippen molar-refractivity contribution in [3.63, 3.8) is 0 Å². The molecule has 5 aliphatic rings. The van der Waals surface area contributed by atoms with E-state index in [4.69, 9.17) is 19.7 Å². The van der Waals surface area contributed by atoms with Crippen LogP contribution in [-0.2, 0) is 0 Å². The molecule has 4 fully saturated rings. The monoisotopic (exact) mass is 614 g/mol. The van der Waals surface area contributed by atoms with Crippen LogP contribution in [0.2, 0.25) is 0 Å². The highest BCUT2D eigenvalue weighted by atomic mass is 19.1. The fourth-order valence-electron chi connectivity index (χ4n) is 9.25. The number of hydrogen-bond donors (Lipinski definition) is 1. The average Bonchev–Trinajstić information content (AvgIpc) is 3.68. The van der Waals surface area contributed by atoms with Gasteiger partial charge in [0.1, 0.15) is 35.6 Å². The van der Waals surface area contributed by atoms with Gasteiger partial charge in [-0.3, -0.25) is 4.90 Å².